The maximum atomic E-state index is 10.6. The molecule has 0 aliphatic heterocycles. The molecule has 0 bridgehead atoms. The van der Waals surface area contributed by atoms with Crippen molar-refractivity contribution >= 4 is 15.9 Å². The number of carbonyl (C=O) groups is 1. The van der Waals surface area contributed by atoms with E-state index in [4.69, 9.17) is 4.55 Å². The fourth-order valence-corrected chi connectivity index (χ4v) is 1.13. The zero-order valence-electron chi connectivity index (χ0n) is 8.12. The highest BCUT2D eigenvalue weighted by Crippen LogP contribution is 1.98. The van der Waals surface area contributed by atoms with E-state index >= 15 is 0 Å². The van der Waals surface area contributed by atoms with Gasteiger partial charge in [-0.3, -0.25) is 4.55 Å². The largest absolute Gasteiger partial charge is 0.388 e. The molecule has 0 aromatic rings. The minimum absolute atomic E-state index is 0.0581. The van der Waals surface area contributed by atoms with Crippen molar-refractivity contribution in [1.29, 1.82) is 0 Å². The normalized spacial score (nSPS) is 11.0. The van der Waals surface area contributed by atoms with E-state index in [9.17, 15) is 13.2 Å². The van der Waals surface area contributed by atoms with Gasteiger partial charge in [-0.25, -0.2) is 0 Å². The number of hydrogen-bond acceptors (Lipinski definition) is 4. The van der Waals surface area contributed by atoms with E-state index in [1.165, 1.54) is 6.92 Å². The van der Waals surface area contributed by atoms with E-state index in [1.807, 2.05) is 0 Å². The molecule has 6 heteroatoms. The van der Waals surface area contributed by atoms with E-state index in [0.717, 1.165) is 0 Å². The van der Waals surface area contributed by atoms with Gasteiger partial charge >= 0.3 is 0 Å². The first kappa shape index (κ1) is 13.1. The number of hydrogen-bond donors (Lipinski definition) is 2. The molecule has 0 saturated heterocycles. The van der Waals surface area contributed by atoms with E-state index < -0.39 is 10.1 Å². The van der Waals surface area contributed by atoms with Crippen molar-refractivity contribution in [2.75, 3.05) is 12.3 Å². The van der Waals surface area contributed by atoms with Gasteiger partial charge in [-0.05, 0) is 13.3 Å². The molecule has 0 aliphatic rings. The molecule has 0 heterocycles. The smallest absolute Gasteiger partial charge is 0.266 e. The highest BCUT2D eigenvalue weighted by molar-refractivity contribution is 7.85. The van der Waals surface area contributed by atoms with Gasteiger partial charge in [0.2, 0.25) is 0 Å². The van der Waals surface area contributed by atoms with Gasteiger partial charge < -0.3 is 10.1 Å². The van der Waals surface area contributed by atoms with Crippen molar-refractivity contribution in [2.24, 2.45) is 0 Å². The minimum atomic E-state index is -3.92. The molecule has 0 radical (unpaired) electrons. The molecule has 0 saturated carbocycles. The van der Waals surface area contributed by atoms with Gasteiger partial charge in [-0.1, -0.05) is 6.58 Å². The average Bonchev–Trinajstić information content (AvgIpc) is 1.98. The van der Waals surface area contributed by atoms with Gasteiger partial charge in [0.25, 0.3) is 10.1 Å². The molecule has 0 atom stereocenters. The van der Waals surface area contributed by atoms with Crippen molar-refractivity contribution in [2.45, 2.75) is 19.8 Å². The van der Waals surface area contributed by atoms with Crippen LogP contribution >= 0.6 is 0 Å². The molecule has 0 unspecified atom stereocenters. The quantitative estimate of drug-likeness (QED) is 0.606. The predicted octanol–water partition coefficient (Wildman–Crippen LogP) is 0.347. The number of carbonyl (C=O) groups excluding carboxylic acids is 1. The molecule has 0 rings (SSSR count). The van der Waals surface area contributed by atoms with Crippen LogP contribution in [0.25, 0.3) is 0 Å². The van der Waals surface area contributed by atoms with Crippen molar-refractivity contribution in [3.63, 3.8) is 0 Å². The lowest BCUT2D eigenvalue weighted by Gasteiger charge is -2.06. The lowest BCUT2D eigenvalue weighted by molar-refractivity contribution is -0.117. The number of allylic oxidation sites excluding steroid dienone is 1. The summed E-state index contributed by atoms with van der Waals surface area (Å²) in [5, 5.41) is 2.71. The molecule has 0 spiro atoms. The first-order valence-corrected chi connectivity index (χ1v) is 5.78. The van der Waals surface area contributed by atoms with E-state index in [1.54, 1.807) is 0 Å². The van der Waals surface area contributed by atoms with Crippen LogP contribution in [0.1, 0.15) is 19.8 Å². The third-order valence-corrected chi connectivity index (χ3v) is 2.23. The van der Waals surface area contributed by atoms with E-state index in [0.29, 0.717) is 18.5 Å². The molecular formula is C8H15NO4S. The maximum Gasteiger partial charge on any atom is 0.266 e. The maximum absolute atomic E-state index is 10.6. The summed E-state index contributed by atoms with van der Waals surface area (Å²) in [4.78, 5) is 10.6. The lowest BCUT2D eigenvalue weighted by Crippen LogP contribution is -2.21. The molecule has 2 N–H and O–H groups in total. The van der Waals surface area contributed by atoms with Crippen LogP contribution in [0.2, 0.25) is 0 Å². The Morgan fingerprint density at radius 3 is 2.43 bits per heavy atom. The Bertz CT molecular complexity index is 307. The molecule has 82 valence electrons. The molecule has 0 aromatic carbocycles. The van der Waals surface area contributed by atoms with Gasteiger partial charge in [-0.15, -0.1) is 0 Å². The average molecular weight is 221 g/mol. The first-order chi connectivity index (χ1) is 6.31. The summed E-state index contributed by atoms with van der Waals surface area (Å²) in [5.41, 5.74) is 0.601. The highest BCUT2D eigenvalue weighted by Gasteiger charge is 2.03. The van der Waals surface area contributed by atoms with Gasteiger partial charge in [0, 0.05) is 18.7 Å². The predicted molar refractivity (Wildman–Crippen MR) is 53.5 cm³/mol. The Hall–Kier alpha value is -0.880. The molecule has 5 nitrogen and oxygen atoms in total. The van der Waals surface area contributed by atoms with Gasteiger partial charge in [0.05, 0.1) is 5.75 Å². The third kappa shape index (κ3) is 9.21. The lowest BCUT2D eigenvalue weighted by atomic mass is 10.2. The first-order valence-electron chi connectivity index (χ1n) is 4.17. The van der Waals surface area contributed by atoms with Crippen LogP contribution in [-0.2, 0) is 14.9 Å². The van der Waals surface area contributed by atoms with Crippen LogP contribution in [0, 0.1) is 0 Å². The summed E-state index contributed by atoms with van der Waals surface area (Å²) in [6, 6.07) is 0. The van der Waals surface area contributed by atoms with Crippen LogP contribution in [0.15, 0.2) is 12.3 Å². The van der Waals surface area contributed by atoms with E-state index in [-0.39, 0.29) is 18.1 Å². The monoisotopic (exact) mass is 221 g/mol. The molecule has 0 amide bonds. The van der Waals surface area contributed by atoms with Crippen molar-refractivity contribution < 1.29 is 17.8 Å². The summed E-state index contributed by atoms with van der Waals surface area (Å²) in [6.45, 7) is 5.19. The Morgan fingerprint density at radius 2 is 2.00 bits per heavy atom. The van der Waals surface area contributed by atoms with Crippen LogP contribution < -0.4 is 5.32 Å². The van der Waals surface area contributed by atoms with E-state index in [2.05, 4.69) is 11.9 Å². The van der Waals surface area contributed by atoms with Crippen LogP contribution in [0.4, 0.5) is 0 Å². The standard InChI is InChI=1S/C8H15NO4S/c1-7(3-4-8(2)10)9-5-6-14(11,12)13/h9H,1,3-6H2,2H3,(H,11,12,13). The number of ketones is 1. The van der Waals surface area contributed by atoms with Crippen molar-refractivity contribution in [1.82, 2.24) is 5.32 Å². The van der Waals surface area contributed by atoms with Crippen LogP contribution in [0.5, 0.6) is 0 Å². The third-order valence-electron chi connectivity index (χ3n) is 1.51. The Kier molecular flexibility index (Phi) is 5.40. The summed E-state index contributed by atoms with van der Waals surface area (Å²) >= 11 is 0. The topological polar surface area (TPSA) is 83.5 Å². The number of Topliss-reactive ketones (excluding diaryl/α,β-unsaturated/α-hetero) is 1. The fraction of sp³-hybridized carbons (Fsp3) is 0.625. The second-order valence-electron chi connectivity index (χ2n) is 3.02. The molecule has 14 heavy (non-hydrogen) atoms. The van der Waals surface area contributed by atoms with Gasteiger partial charge in [0.15, 0.2) is 0 Å². The van der Waals surface area contributed by atoms with Crippen molar-refractivity contribution in [3.8, 4) is 0 Å². The number of nitrogens with one attached hydrogen (secondary N) is 1. The summed E-state index contributed by atoms with van der Waals surface area (Å²) in [5.74, 6) is -0.297. The zero-order chi connectivity index (χ0) is 11.2. The molecule has 0 aliphatic carbocycles. The molecule has 0 fully saturated rings. The number of rotatable bonds is 7. The van der Waals surface area contributed by atoms with Gasteiger partial charge in [-0.2, -0.15) is 8.42 Å². The zero-order valence-corrected chi connectivity index (χ0v) is 8.93. The second-order valence-corrected chi connectivity index (χ2v) is 4.59. The fourth-order valence-electron chi connectivity index (χ4n) is 0.772. The summed E-state index contributed by atoms with van der Waals surface area (Å²) in [6.07, 6.45) is 0.874. The van der Waals surface area contributed by atoms with Crippen LogP contribution in [-0.4, -0.2) is 31.1 Å². The molecular weight excluding hydrogens is 206 g/mol. The Morgan fingerprint density at radius 1 is 1.43 bits per heavy atom. The summed E-state index contributed by atoms with van der Waals surface area (Å²) in [7, 11) is -3.92. The van der Waals surface area contributed by atoms with Gasteiger partial charge in [0.1, 0.15) is 5.78 Å². The van der Waals surface area contributed by atoms with Crippen LogP contribution in [0.3, 0.4) is 0 Å². The van der Waals surface area contributed by atoms with Crippen molar-refractivity contribution in [3.05, 3.63) is 12.3 Å². The molecule has 0 aromatic heterocycles. The highest BCUT2D eigenvalue weighted by atomic mass is 32.2. The minimum Gasteiger partial charge on any atom is -0.388 e. The summed E-state index contributed by atoms with van der Waals surface area (Å²) < 4.78 is 29.0. The second kappa shape index (κ2) is 5.77. The Balaban J connectivity index is 3.60. The SMILES string of the molecule is C=C(CCC(C)=O)NCCS(=O)(=O)O. The Labute approximate surface area is 83.9 Å².